The first-order chi connectivity index (χ1) is 5.72. The molecular formula is C8H6FN3. The maximum atomic E-state index is 12.9. The second-order valence-corrected chi connectivity index (χ2v) is 2.52. The van der Waals surface area contributed by atoms with Crippen LogP contribution < -0.4 is 0 Å². The summed E-state index contributed by atoms with van der Waals surface area (Å²) in [5.41, 5.74) is 0.954. The molecule has 2 N–H and O–H groups in total. The van der Waals surface area contributed by atoms with Crippen molar-refractivity contribution in [1.29, 1.82) is 10.8 Å². The number of fused-ring (bicyclic) bond motifs is 1. The van der Waals surface area contributed by atoms with Gasteiger partial charge in [0.15, 0.2) is 11.7 Å². The van der Waals surface area contributed by atoms with Crippen LogP contribution in [0.2, 0.25) is 0 Å². The standard InChI is InChI=1S/C8H6FN3/c9-12-7(10)5-3-1-2-4-6(5)8(12)11/h1-4,10-11H. The summed E-state index contributed by atoms with van der Waals surface area (Å²) in [4.78, 5) is 0. The predicted molar refractivity (Wildman–Crippen MR) is 43.0 cm³/mol. The van der Waals surface area contributed by atoms with Gasteiger partial charge in [0.25, 0.3) is 0 Å². The highest BCUT2D eigenvalue weighted by atomic mass is 19.2. The summed E-state index contributed by atoms with van der Waals surface area (Å²) in [7, 11) is 0. The molecule has 3 nitrogen and oxygen atoms in total. The molecule has 4 heteroatoms. The van der Waals surface area contributed by atoms with Gasteiger partial charge in [-0.1, -0.05) is 28.7 Å². The lowest BCUT2D eigenvalue weighted by atomic mass is 10.1. The molecule has 12 heavy (non-hydrogen) atoms. The molecular weight excluding hydrogens is 157 g/mol. The summed E-state index contributed by atoms with van der Waals surface area (Å²) < 4.78 is 12.9. The highest BCUT2D eigenvalue weighted by molar-refractivity contribution is 6.22. The number of hydrogen-bond acceptors (Lipinski definition) is 2. The van der Waals surface area contributed by atoms with E-state index in [-0.39, 0.29) is 16.8 Å². The van der Waals surface area contributed by atoms with Crippen molar-refractivity contribution < 1.29 is 4.48 Å². The first-order valence-corrected chi connectivity index (χ1v) is 3.44. The van der Waals surface area contributed by atoms with Crippen molar-refractivity contribution >= 4 is 11.7 Å². The van der Waals surface area contributed by atoms with E-state index in [2.05, 4.69) is 0 Å². The second-order valence-electron chi connectivity index (χ2n) is 2.52. The third-order valence-corrected chi connectivity index (χ3v) is 1.83. The minimum Gasteiger partial charge on any atom is -0.282 e. The number of nitrogens with zero attached hydrogens (tertiary/aromatic N) is 1. The number of rotatable bonds is 0. The quantitative estimate of drug-likeness (QED) is 0.560. The maximum absolute atomic E-state index is 12.9. The van der Waals surface area contributed by atoms with Crippen LogP contribution in [0.15, 0.2) is 24.3 Å². The minimum atomic E-state index is -0.254. The van der Waals surface area contributed by atoms with E-state index >= 15 is 0 Å². The summed E-state index contributed by atoms with van der Waals surface area (Å²) in [5.74, 6) is -0.508. The zero-order chi connectivity index (χ0) is 8.72. The monoisotopic (exact) mass is 163 g/mol. The van der Waals surface area contributed by atoms with Crippen LogP contribution in [0.25, 0.3) is 0 Å². The third-order valence-electron chi connectivity index (χ3n) is 1.83. The van der Waals surface area contributed by atoms with E-state index in [9.17, 15) is 4.48 Å². The van der Waals surface area contributed by atoms with Crippen molar-refractivity contribution in [2.45, 2.75) is 0 Å². The Morgan fingerprint density at radius 1 is 1.00 bits per heavy atom. The first-order valence-electron chi connectivity index (χ1n) is 3.44. The van der Waals surface area contributed by atoms with E-state index in [1.54, 1.807) is 24.3 Å². The van der Waals surface area contributed by atoms with Crippen LogP contribution >= 0.6 is 0 Å². The second kappa shape index (κ2) is 2.14. The Hall–Kier alpha value is -1.71. The molecule has 1 aromatic rings. The lowest BCUT2D eigenvalue weighted by molar-refractivity contribution is 0.227. The predicted octanol–water partition coefficient (Wildman–Crippen LogP) is 1.54. The van der Waals surface area contributed by atoms with Gasteiger partial charge in [-0.3, -0.25) is 10.8 Å². The Bertz CT molecular complexity index is 337. The van der Waals surface area contributed by atoms with E-state index < -0.39 is 0 Å². The van der Waals surface area contributed by atoms with Crippen molar-refractivity contribution in [2.75, 3.05) is 0 Å². The van der Waals surface area contributed by atoms with Gasteiger partial charge in [-0.05, 0) is 0 Å². The van der Waals surface area contributed by atoms with Crippen LogP contribution in [0.4, 0.5) is 4.48 Å². The SMILES string of the molecule is N=C1c2ccccc2C(=N)N1F. The summed E-state index contributed by atoms with van der Waals surface area (Å²) in [6, 6.07) is 6.71. The highest BCUT2D eigenvalue weighted by Crippen LogP contribution is 2.21. The molecule has 2 rings (SSSR count). The van der Waals surface area contributed by atoms with E-state index in [1.807, 2.05) is 0 Å². The highest BCUT2D eigenvalue weighted by Gasteiger charge is 2.29. The molecule has 0 bridgehead atoms. The Morgan fingerprint density at radius 3 is 1.83 bits per heavy atom. The van der Waals surface area contributed by atoms with Gasteiger partial charge in [0.1, 0.15) is 0 Å². The average Bonchev–Trinajstić information content (AvgIpc) is 2.33. The first kappa shape index (κ1) is 6.97. The van der Waals surface area contributed by atoms with E-state index in [4.69, 9.17) is 10.8 Å². The molecule has 0 saturated heterocycles. The molecule has 0 spiro atoms. The lowest BCUT2D eigenvalue weighted by Gasteiger charge is -2.01. The number of nitrogens with one attached hydrogen (secondary N) is 2. The van der Waals surface area contributed by atoms with E-state index in [0.29, 0.717) is 11.1 Å². The summed E-state index contributed by atoms with van der Waals surface area (Å²) in [6.45, 7) is 0. The molecule has 1 aliphatic rings. The lowest BCUT2D eigenvalue weighted by Crippen LogP contribution is -2.19. The van der Waals surface area contributed by atoms with Gasteiger partial charge in [-0.25, -0.2) is 0 Å². The van der Waals surface area contributed by atoms with Crippen LogP contribution in [0.3, 0.4) is 0 Å². The third kappa shape index (κ3) is 0.689. The zero-order valence-electron chi connectivity index (χ0n) is 6.13. The molecule has 60 valence electrons. The van der Waals surface area contributed by atoms with Crippen LogP contribution in [-0.2, 0) is 0 Å². The molecule has 0 atom stereocenters. The summed E-state index contributed by atoms with van der Waals surface area (Å²) in [6.07, 6.45) is 0. The Kier molecular flexibility index (Phi) is 1.24. The smallest absolute Gasteiger partial charge is 0.165 e. The van der Waals surface area contributed by atoms with Crippen molar-refractivity contribution in [2.24, 2.45) is 0 Å². The number of hydrogen-bond donors (Lipinski definition) is 2. The molecule has 0 radical (unpaired) electrons. The van der Waals surface area contributed by atoms with Crippen molar-refractivity contribution in [1.82, 2.24) is 5.12 Å². The molecule has 0 amide bonds. The summed E-state index contributed by atoms with van der Waals surface area (Å²) in [5, 5.41) is 14.6. The number of benzene rings is 1. The van der Waals surface area contributed by atoms with Gasteiger partial charge in [0, 0.05) is 11.1 Å². The fraction of sp³-hybridized carbons (Fsp3) is 0. The molecule has 0 aromatic heterocycles. The fourth-order valence-corrected chi connectivity index (χ4v) is 1.22. The van der Waals surface area contributed by atoms with Crippen molar-refractivity contribution in [3.8, 4) is 0 Å². The molecule has 1 aliphatic heterocycles. The normalized spacial score (nSPS) is 15.2. The Labute approximate surface area is 68.4 Å². The summed E-state index contributed by atoms with van der Waals surface area (Å²) >= 11 is 0. The van der Waals surface area contributed by atoms with Crippen LogP contribution in [-0.4, -0.2) is 16.8 Å². The van der Waals surface area contributed by atoms with Gasteiger partial charge in [0.05, 0.1) is 0 Å². The Balaban J connectivity index is 2.67. The van der Waals surface area contributed by atoms with Gasteiger partial charge in [-0.15, -0.1) is 5.12 Å². The van der Waals surface area contributed by atoms with Crippen molar-refractivity contribution in [3.05, 3.63) is 35.4 Å². The topological polar surface area (TPSA) is 50.9 Å². The van der Waals surface area contributed by atoms with Gasteiger partial charge in [0.2, 0.25) is 0 Å². The number of amidine groups is 2. The van der Waals surface area contributed by atoms with Gasteiger partial charge >= 0.3 is 0 Å². The van der Waals surface area contributed by atoms with Crippen LogP contribution in [0.1, 0.15) is 11.1 Å². The minimum absolute atomic E-state index is 0.0741. The van der Waals surface area contributed by atoms with Gasteiger partial charge in [-0.2, -0.15) is 0 Å². The van der Waals surface area contributed by atoms with Crippen molar-refractivity contribution in [3.63, 3.8) is 0 Å². The molecule has 1 aromatic carbocycles. The Morgan fingerprint density at radius 2 is 1.42 bits per heavy atom. The maximum Gasteiger partial charge on any atom is 0.165 e. The molecule has 0 saturated carbocycles. The fourth-order valence-electron chi connectivity index (χ4n) is 1.22. The average molecular weight is 163 g/mol. The zero-order valence-corrected chi connectivity index (χ0v) is 6.13. The van der Waals surface area contributed by atoms with Crippen LogP contribution in [0.5, 0.6) is 0 Å². The molecule has 0 fully saturated rings. The van der Waals surface area contributed by atoms with Crippen LogP contribution in [0, 0.1) is 10.8 Å². The molecule has 1 heterocycles. The molecule has 0 unspecified atom stereocenters. The van der Waals surface area contributed by atoms with E-state index in [0.717, 1.165) is 0 Å². The molecule has 0 aliphatic carbocycles. The van der Waals surface area contributed by atoms with Gasteiger partial charge < -0.3 is 0 Å². The van der Waals surface area contributed by atoms with E-state index in [1.165, 1.54) is 0 Å². The number of halogens is 1. The largest absolute Gasteiger partial charge is 0.282 e.